The molecule has 0 saturated carbocycles. The van der Waals surface area contributed by atoms with Gasteiger partial charge in [-0.2, -0.15) is 0 Å². The van der Waals surface area contributed by atoms with Crippen LogP contribution in [0.3, 0.4) is 0 Å². The molecular weight excluding hydrogens is 318 g/mol. The summed E-state index contributed by atoms with van der Waals surface area (Å²) in [4.78, 5) is 0. The van der Waals surface area contributed by atoms with Crippen LogP contribution in [0.15, 0.2) is 36.4 Å². The Morgan fingerprint density at radius 1 is 1.05 bits per heavy atom. The van der Waals surface area contributed by atoms with Crippen molar-refractivity contribution in [3.63, 3.8) is 0 Å². The van der Waals surface area contributed by atoms with Crippen LogP contribution >= 0.6 is 35.4 Å². The molecule has 2 N–H and O–H groups in total. The maximum Gasteiger partial charge on any atom is 0.175 e. The van der Waals surface area contributed by atoms with E-state index in [1.807, 2.05) is 19.1 Å². The summed E-state index contributed by atoms with van der Waals surface area (Å²) in [6, 6.07) is 10.2. The fraction of sp³-hybridized carbons (Fsp3) is 0.0714. The van der Waals surface area contributed by atoms with E-state index in [4.69, 9.17) is 35.4 Å². The molecule has 0 aromatic heterocycles. The molecule has 0 saturated heterocycles. The zero-order valence-electron chi connectivity index (χ0n) is 10.5. The summed E-state index contributed by atoms with van der Waals surface area (Å²) in [5.41, 5.74) is 1.90. The van der Waals surface area contributed by atoms with E-state index in [0.29, 0.717) is 10.7 Å². The molecule has 0 spiro atoms. The lowest BCUT2D eigenvalue weighted by Crippen LogP contribution is -2.20. The van der Waals surface area contributed by atoms with Crippen molar-refractivity contribution in [2.75, 3.05) is 10.6 Å². The minimum atomic E-state index is -0.548. The summed E-state index contributed by atoms with van der Waals surface area (Å²) in [5.74, 6) is -0.548. The molecule has 0 radical (unpaired) electrons. The van der Waals surface area contributed by atoms with Gasteiger partial charge >= 0.3 is 0 Å². The molecule has 0 aliphatic heterocycles. The van der Waals surface area contributed by atoms with Gasteiger partial charge in [0.15, 0.2) is 10.9 Å². The number of benzene rings is 2. The van der Waals surface area contributed by atoms with Crippen LogP contribution in [-0.4, -0.2) is 5.11 Å². The molecule has 20 heavy (non-hydrogen) atoms. The van der Waals surface area contributed by atoms with Crippen LogP contribution in [0.4, 0.5) is 15.8 Å². The number of halogens is 3. The zero-order chi connectivity index (χ0) is 14.7. The van der Waals surface area contributed by atoms with Gasteiger partial charge in [0.05, 0.1) is 21.4 Å². The summed E-state index contributed by atoms with van der Waals surface area (Å²) in [6.07, 6.45) is 0. The normalized spacial score (nSPS) is 10.2. The van der Waals surface area contributed by atoms with Crippen molar-refractivity contribution in [3.8, 4) is 0 Å². The molecule has 2 aromatic rings. The van der Waals surface area contributed by atoms with Crippen molar-refractivity contribution in [3.05, 3.63) is 57.8 Å². The van der Waals surface area contributed by atoms with Crippen LogP contribution in [-0.2, 0) is 0 Å². The molecule has 2 rings (SSSR count). The van der Waals surface area contributed by atoms with Crippen molar-refractivity contribution in [1.82, 2.24) is 0 Å². The second kappa shape index (κ2) is 6.39. The van der Waals surface area contributed by atoms with Crippen molar-refractivity contribution < 1.29 is 4.39 Å². The van der Waals surface area contributed by atoms with Crippen molar-refractivity contribution in [1.29, 1.82) is 0 Å². The average Bonchev–Trinajstić information content (AvgIpc) is 2.38. The molecule has 2 aromatic carbocycles. The van der Waals surface area contributed by atoms with Crippen molar-refractivity contribution in [2.24, 2.45) is 0 Å². The first kappa shape index (κ1) is 15.0. The minimum Gasteiger partial charge on any atom is -0.331 e. The molecule has 0 bridgehead atoms. The van der Waals surface area contributed by atoms with Gasteiger partial charge in [0.1, 0.15) is 0 Å². The minimum absolute atomic E-state index is 0.0335. The van der Waals surface area contributed by atoms with E-state index in [9.17, 15) is 4.39 Å². The molecule has 0 amide bonds. The Balaban J connectivity index is 2.11. The smallest absolute Gasteiger partial charge is 0.175 e. The van der Waals surface area contributed by atoms with Gasteiger partial charge in [-0.25, -0.2) is 4.39 Å². The maximum absolute atomic E-state index is 13.7. The predicted octanol–water partition coefficient (Wildman–Crippen LogP) is 5.25. The molecule has 104 valence electrons. The van der Waals surface area contributed by atoms with Gasteiger partial charge in [-0.1, -0.05) is 35.3 Å². The van der Waals surface area contributed by atoms with Gasteiger partial charge in [0, 0.05) is 0 Å². The second-order valence-corrected chi connectivity index (χ2v) is 5.39. The van der Waals surface area contributed by atoms with Crippen LogP contribution in [0.2, 0.25) is 10.0 Å². The number of anilines is 2. The first-order chi connectivity index (χ1) is 9.47. The Bertz CT molecular complexity index is 662. The van der Waals surface area contributed by atoms with E-state index in [1.54, 1.807) is 18.2 Å². The van der Waals surface area contributed by atoms with E-state index in [2.05, 4.69) is 10.6 Å². The first-order valence-corrected chi connectivity index (χ1v) is 6.92. The third-order valence-electron chi connectivity index (χ3n) is 2.57. The first-order valence-electron chi connectivity index (χ1n) is 5.75. The van der Waals surface area contributed by atoms with E-state index in [1.165, 1.54) is 6.07 Å². The van der Waals surface area contributed by atoms with Gasteiger partial charge in [0.25, 0.3) is 0 Å². The monoisotopic (exact) mass is 328 g/mol. The van der Waals surface area contributed by atoms with Gasteiger partial charge in [-0.3, -0.25) is 0 Å². The van der Waals surface area contributed by atoms with Crippen LogP contribution in [0.1, 0.15) is 5.56 Å². The zero-order valence-corrected chi connectivity index (χ0v) is 12.8. The lowest BCUT2D eigenvalue weighted by Gasteiger charge is -2.13. The van der Waals surface area contributed by atoms with Crippen LogP contribution in [0.25, 0.3) is 0 Å². The fourth-order valence-corrected chi connectivity index (χ4v) is 2.27. The number of hydrogen-bond donors (Lipinski definition) is 2. The second-order valence-electron chi connectivity index (χ2n) is 4.16. The topological polar surface area (TPSA) is 24.1 Å². The summed E-state index contributed by atoms with van der Waals surface area (Å²) in [5, 5.41) is 6.46. The Kier molecular flexibility index (Phi) is 4.81. The molecule has 0 heterocycles. The number of hydrogen-bond acceptors (Lipinski definition) is 1. The quantitative estimate of drug-likeness (QED) is 0.736. The summed E-state index contributed by atoms with van der Waals surface area (Å²) >= 11 is 16.9. The Morgan fingerprint density at radius 3 is 2.45 bits per heavy atom. The third-order valence-corrected chi connectivity index (χ3v) is 3.38. The molecule has 0 aliphatic carbocycles. The molecule has 0 unspecified atom stereocenters. The average molecular weight is 329 g/mol. The Labute approximate surface area is 131 Å². The standard InChI is InChI=1S/C14H11Cl2FN2S/c1-8-5-6-11(10(16)7-8)18-14(20)19-12-4-2-3-9(15)13(12)17/h2-7H,1H3,(H2,18,19,20). The van der Waals surface area contributed by atoms with E-state index in [0.717, 1.165) is 5.56 Å². The molecule has 0 atom stereocenters. The number of rotatable bonds is 2. The highest BCUT2D eigenvalue weighted by molar-refractivity contribution is 7.80. The van der Waals surface area contributed by atoms with Gasteiger partial charge in [-0.05, 0) is 49.0 Å². The highest BCUT2D eigenvalue weighted by Gasteiger charge is 2.08. The van der Waals surface area contributed by atoms with E-state index in [-0.39, 0.29) is 15.8 Å². The largest absolute Gasteiger partial charge is 0.331 e. The molecule has 6 heteroatoms. The molecule has 2 nitrogen and oxygen atoms in total. The Morgan fingerprint density at radius 2 is 1.75 bits per heavy atom. The highest BCUT2D eigenvalue weighted by atomic mass is 35.5. The number of aryl methyl sites for hydroxylation is 1. The third kappa shape index (κ3) is 3.60. The van der Waals surface area contributed by atoms with Gasteiger partial charge in [-0.15, -0.1) is 0 Å². The van der Waals surface area contributed by atoms with Crippen molar-refractivity contribution in [2.45, 2.75) is 6.92 Å². The summed E-state index contributed by atoms with van der Waals surface area (Å²) < 4.78 is 13.7. The SMILES string of the molecule is Cc1ccc(NC(=S)Nc2cccc(Cl)c2F)c(Cl)c1. The van der Waals surface area contributed by atoms with Gasteiger partial charge < -0.3 is 10.6 Å². The van der Waals surface area contributed by atoms with Gasteiger partial charge in [0.2, 0.25) is 0 Å². The lowest BCUT2D eigenvalue weighted by atomic mass is 10.2. The maximum atomic E-state index is 13.7. The summed E-state index contributed by atoms with van der Waals surface area (Å²) in [6.45, 7) is 1.94. The van der Waals surface area contributed by atoms with E-state index >= 15 is 0 Å². The van der Waals surface area contributed by atoms with Crippen LogP contribution < -0.4 is 10.6 Å². The van der Waals surface area contributed by atoms with E-state index < -0.39 is 5.82 Å². The Hall–Kier alpha value is -1.36. The molecule has 0 fully saturated rings. The predicted molar refractivity (Wildman–Crippen MR) is 87.4 cm³/mol. The molecule has 0 aliphatic rings. The van der Waals surface area contributed by atoms with Crippen LogP contribution in [0.5, 0.6) is 0 Å². The van der Waals surface area contributed by atoms with Crippen LogP contribution in [0, 0.1) is 12.7 Å². The summed E-state index contributed by atoms with van der Waals surface area (Å²) in [7, 11) is 0. The molecular formula is C14H11Cl2FN2S. The fourth-order valence-electron chi connectivity index (χ4n) is 1.60. The number of nitrogens with one attached hydrogen (secondary N) is 2. The van der Waals surface area contributed by atoms with Crippen molar-refractivity contribution >= 4 is 51.9 Å². The lowest BCUT2D eigenvalue weighted by molar-refractivity contribution is 0.632. The highest BCUT2D eigenvalue weighted by Crippen LogP contribution is 2.24. The number of thiocarbonyl (C=S) groups is 1.